The monoisotopic (exact) mass is 367 g/mol. The number of rotatable bonds is 8. The third-order valence-corrected chi connectivity index (χ3v) is 5.08. The molecule has 0 saturated carbocycles. The Labute approximate surface area is 147 Å². The maximum Gasteiger partial charge on any atom is 0.241 e. The van der Waals surface area contributed by atoms with Crippen LogP contribution < -0.4 is 14.2 Å². The predicted molar refractivity (Wildman–Crippen MR) is 93.9 cm³/mol. The molecule has 25 heavy (non-hydrogen) atoms. The lowest BCUT2D eigenvalue weighted by atomic mass is 10.1. The van der Waals surface area contributed by atoms with Crippen LogP contribution in [-0.4, -0.2) is 21.6 Å². The first kappa shape index (κ1) is 19.2. The molecule has 5 nitrogen and oxygen atoms in total. The highest BCUT2D eigenvalue weighted by Crippen LogP contribution is 2.31. The summed E-state index contributed by atoms with van der Waals surface area (Å²) in [7, 11) is -3.76. The van der Waals surface area contributed by atoms with Crippen molar-refractivity contribution >= 4 is 10.0 Å². The normalized spacial score (nSPS) is 12.6. The lowest BCUT2D eigenvalue weighted by molar-refractivity contribution is 0.287. The van der Waals surface area contributed by atoms with E-state index in [-0.39, 0.29) is 4.90 Å². The first-order chi connectivity index (χ1) is 11.9. The summed E-state index contributed by atoms with van der Waals surface area (Å²) in [6.45, 7) is 6.45. The van der Waals surface area contributed by atoms with E-state index in [4.69, 9.17) is 9.47 Å². The summed E-state index contributed by atoms with van der Waals surface area (Å²) >= 11 is 0. The molecule has 0 radical (unpaired) electrons. The van der Waals surface area contributed by atoms with E-state index in [1.165, 1.54) is 12.1 Å². The van der Waals surface area contributed by atoms with E-state index in [2.05, 4.69) is 4.72 Å². The summed E-state index contributed by atoms with van der Waals surface area (Å²) in [6.07, 6.45) is 0. The van der Waals surface area contributed by atoms with Crippen LogP contribution in [0.5, 0.6) is 11.5 Å². The van der Waals surface area contributed by atoms with Crippen molar-refractivity contribution in [2.24, 2.45) is 0 Å². The molecule has 0 aromatic heterocycles. The first-order valence-electron chi connectivity index (χ1n) is 8.04. The Morgan fingerprint density at radius 1 is 1.00 bits per heavy atom. The molecule has 0 aliphatic rings. The van der Waals surface area contributed by atoms with E-state index < -0.39 is 21.9 Å². The zero-order valence-electron chi connectivity index (χ0n) is 14.5. The summed E-state index contributed by atoms with van der Waals surface area (Å²) in [5.41, 5.74) is 0.734. The molecule has 1 atom stereocenters. The molecule has 0 spiro atoms. The van der Waals surface area contributed by atoms with E-state index in [1.54, 1.807) is 25.1 Å². The Bertz CT molecular complexity index is 806. The molecule has 1 unspecified atom stereocenters. The molecule has 2 aromatic carbocycles. The second-order valence-electron chi connectivity index (χ2n) is 5.37. The number of halogens is 1. The molecule has 0 aliphatic heterocycles. The Morgan fingerprint density at radius 2 is 1.60 bits per heavy atom. The fourth-order valence-corrected chi connectivity index (χ4v) is 3.55. The van der Waals surface area contributed by atoms with Crippen LogP contribution >= 0.6 is 0 Å². The van der Waals surface area contributed by atoms with Crippen molar-refractivity contribution in [2.45, 2.75) is 31.7 Å². The molecule has 0 heterocycles. The van der Waals surface area contributed by atoms with Gasteiger partial charge in [-0.2, -0.15) is 0 Å². The minimum Gasteiger partial charge on any atom is -0.490 e. The summed E-state index contributed by atoms with van der Waals surface area (Å²) in [5.74, 6) is 0.691. The van der Waals surface area contributed by atoms with Crippen molar-refractivity contribution in [1.29, 1.82) is 0 Å². The van der Waals surface area contributed by atoms with Gasteiger partial charge in [0.15, 0.2) is 11.5 Å². The molecule has 0 fully saturated rings. The highest BCUT2D eigenvalue weighted by Gasteiger charge is 2.19. The van der Waals surface area contributed by atoms with Gasteiger partial charge in [-0.1, -0.05) is 6.07 Å². The van der Waals surface area contributed by atoms with Crippen LogP contribution in [0.3, 0.4) is 0 Å². The van der Waals surface area contributed by atoms with E-state index in [9.17, 15) is 12.8 Å². The fourth-order valence-electron chi connectivity index (χ4n) is 2.32. The summed E-state index contributed by atoms with van der Waals surface area (Å²) < 4.78 is 51.5. The maximum atomic E-state index is 13.0. The second kappa shape index (κ2) is 8.31. The Kier molecular flexibility index (Phi) is 6.39. The summed E-state index contributed by atoms with van der Waals surface area (Å²) in [6, 6.07) is 9.49. The minimum atomic E-state index is -3.76. The molecule has 0 aliphatic carbocycles. The van der Waals surface area contributed by atoms with Crippen LogP contribution in [0.15, 0.2) is 47.4 Å². The van der Waals surface area contributed by atoms with Gasteiger partial charge in [0, 0.05) is 6.04 Å². The number of ether oxygens (including phenoxy) is 2. The second-order valence-corrected chi connectivity index (χ2v) is 7.08. The molecule has 0 saturated heterocycles. The highest BCUT2D eigenvalue weighted by molar-refractivity contribution is 7.89. The van der Waals surface area contributed by atoms with E-state index >= 15 is 0 Å². The number of hydrogen-bond donors (Lipinski definition) is 1. The molecule has 2 aromatic rings. The van der Waals surface area contributed by atoms with Gasteiger partial charge in [0.2, 0.25) is 10.0 Å². The van der Waals surface area contributed by atoms with Crippen molar-refractivity contribution in [1.82, 2.24) is 4.72 Å². The van der Waals surface area contributed by atoms with Crippen LogP contribution in [0.1, 0.15) is 32.4 Å². The van der Waals surface area contributed by atoms with Gasteiger partial charge in [-0.3, -0.25) is 0 Å². The fraction of sp³-hybridized carbons (Fsp3) is 0.333. The standard InChI is InChI=1S/C18H22FNO4S/c1-4-23-17-11-6-14(12-18(17)24-5-2)13(3)20-25(21,22)16-9-7-15(19)8-10-16/h6-13,20H,4-5H2,1-3H3. The summed E-state index contributed by atoms with van der Waals surface area (Å²) in [5, 5.41) is 0. The van der Waals surface area contributed by atoms with Gasteiger partial charge < -0.3 is 9.47 Å². The van der Waals surface area contributed by atoms with Gasteiger partial charge >= 0.3 is 0 Å². The quantitative estimate of drug-likeness (QED) is 0.773. The Hall–Kier alpha value is -2.12. The van der Waals surface area contributed by atoms with Crippen LogP contribution in [-0.2, 0) is 10.0 Å². The molecule has 7 heteroatoms. The van der Waals surface area contributed by atoms with E-state index in [0.29, 0.717) is 24.7 Å². The van der Waals surface area contributed by atoms with Crippen LogP contribution in [0, 0.1) is 5.82 Å². The first-order valence-corrected chi connectivity index (χ1v) is 9.53. The van der Waals surface area contributed by atoms with E-state index in [0.717, 1.165) is 17.7 Å². The highest BCUT2D eigenvalue weighted by atomic mass is 32.2. The largest absolute Gasteiger partial charge is 0.490 e. The maximum absolute atomic E-state index is 13.0. The zero-order chi connectivity index (χ0) is 18.4. The molecular weight excluding hydrogens is 345 g/mol. The molecule has 136 valence electrons. The van der Waals surface area contributed by atoms with Gasteiger partial charge in [-0.15, -0.1) is 0 Å². The molecule has 0 amide bonds. The molecule has 0 bridgehead atoms. The number of sulfonamides is 1. The number of hydrogen-bond acceptors (Lipinski definition) is 4. The van der Waals surface area contributed by atoms with Gasteiger partial charge in [-0.25, -0.2) is 17.5 Å². The number of benzene rings is 2. The molecular formula is C18H22FNO4S. The van der Waals surface area contributed by atoms with Crippen LogP contribution in [0.2, 0.25) is 0 Å². The Balaban J connectivity index is 2.23. The third-order valence-electron chi connectivity index (χ3n) is 3.52. The average Bonchev–Trinajstić information content (AvgIpc) is 2.57. The van der Waals surface area contributed by atoms with Gasteiger partial charge in [0.25, 0.3) is 0 Å². The lowest BCUT2D eigenvalue weighted by Crippen LogP contribution is -2.27. The van der Waals surface area contributed by atoms with E-state index in [1.807, 2.05) is 13.8 Å². The lowest BCUT2D eigenvalue weighted by Gasteiger charge is -2.17. The van der Waals surface area contributed by atoms with Gasteiger partial charge in [-0.05, 0) is 62.7 Å². The minimum absolute atomic E-state index is 0.0109. The number of nitrogens with one attached hydrogen (secondary N) is 1. The van der Waals surface area contributed by atoms with Crippen molar-refractivity contribution in [3.8, 4) is 11.5 Å². The smallest absolute Gasteiger partial charge is 0.241 e. The topological polar surface area (TPSA) is 64.6 Å². The van der Waals surface area contributed by atoms with Crippen molar-refractivity contribution in [2.75, 3.05) is 13.2 Å². The van der Waals surface area contributed by atoms with Crippen molar-refractivity contribution in [3.63, 3.8) is 0 Å². The average molecular weight is 367 g/mol. The SMILES string of the molecule is CCOc1ccc(C(C)NS(=O)(=O)c2ccc(F)cc2)cc1OCC. The predicted octanol–water partition coefficient (Wildman–Crippen LogP) is 3.66. The zero-order valence-corrected chi connectivity index (χ0v) is 15.3. The van der Waals surface area contributed by atoms with Gasteiger partial charge in [0.1, 0.15) is 5.82 Å². The van der Waals surface area contributed by atoms with Crippen molar-refractivity contribution in [3.05, 3.63) is 53.8 Å². The molecule has 2 rings (SSSR count). The van der Waals surface area contributed by atoms with Crippen LogP contribution in [0.25, 0.3) is 0 Å². The third kappa shape index (κ3) is 4.93. The Morgan fingerprint density at radius 3 is 2.20 bits per heavy atom. The van der Waals surface area contributed by atoms with Gasteiger partial charge in [0.05, 0.1) is 18.1 Å². The molecule has 1 N–H and O–H groups in total. The summed E-state index contributed by atoms with van der Waals surface area (Å²) in [4.78, 5) is 0.0109. The van der Waals surface area contributed by atoms with Crippen LogP contribution in [0.4, 0.5) is 4.39 Å². The van der Waals surface area contributed by atoms with Crippen molar-refractivity contribution < 1.29 is 22.3 Å².